The molecule has 27 heavy (non-hydrogen) atoms. The van der Waals surface area contributed by atoms with Gasteiger partial charge in [-0.3, -0.25) is 0 Å². The first-order valence-corrected chi connectivity index (χ1v) is 11.1. The largest absolute Gasteiger partial charge is 0.394 e. The zero-order valence-electron chi connectivity index (χ0n) is 17.2. The fraction of sp³-hybridized carbons (Fsp3) is 0.909. The Morgan fingerprint density at radius 3 is 2.11 bits per heavy atom. The van der Waals surface area contributed by atoms with Crippen LogP contribution < -0.4 is 0 Å². The fourth-order valence-corrected chi connectivity index (χ4v) is 3.44. The van der Waals surface area contributed by atoms with Crippen molar-refractivity contribution >= 4 is 0 Å². The van der Waals surface area contributed by atoms with Gasteiger partial charge in [0, 0.05) is 6.61 Å². The SMILES string of the molecule is CCCCC/C=C/CCCCCCCCCO[C@H]1[C@H](O)[C@@H](CO)OC[C@@H]1O. The molecule has 4 atom stereocenters. The lowest BCUT2D eigenvalue weighted by molar-refractivity contribution is -0.210. The van der Waals surface area contributed by atoms with Gasteiger partial charge in [-0.15, -0.1) is 0 Å². The van der Waals surface area contributed by atoms with Crippen molar-refractivity contribution in [3.63, 3.8) is 0 Å². The van der Waals surface area contributed by atoms with E-state index in [0.717, 1.165) is 12.8 Å². The summed E-state index contributed by atoms with van der Waals surface area (Å²) >= 11 is 0. The molecule has 0 aromatic carbocycles. The number of unbranched alkanes of at least 4 members (excludes halogenated alkanes) is 10. The second-order valence-corrected chi connectivity index (χ2v) is 7.68. The molecule has 0 aliphatic carbocycles. The molecule has 1 fully saturated rings. The molecule has 0 amide bonds. The molecule has 1 heterocycles. The Morgan fingerprint density at radius 1 is 0.889 bits per heavy atom. The Kier molecular flexibility index (Phi) is 15.0. The van der Waals surface area contributed by atoms with Crippen LogP contribution in [0.2, 0.25) is 0 Å². The molecule has 5 nitrogen and oxygen atoms in total. The first kappa shape index (κ1) is 24.6. The van der Waals surface area contributed by atoms with Crippen molar-refractivity contribution in [2.45, 2.75) is 108 Å². The van der Waals surface area contributed by atoms with Crippen LogP contribution in [0.3, 0.4) is 0 Å². The summed E-state index contributed by atoms with van der Waals surface area (Å²) in [7, 11) is 0. The summed E-state index contributed by atoms with van der Waals surface area (Å²) in [6.45, 7) is 2.61. The number of ether oxygens (including phenoxy) is 2. The molecule has 0 aromatic heterocycles. The minimum absolute atomic E-state index is 0.0981. The van der Waals surface area contributed by atoms with Gasteiger partial charge in [0.25, 0.3) is 0 Å². The summed E-state index contributed by atoms with van der Waals surface area (Å²) in [6, 6.07) is 0. The molecule has 3 N–H and O–H groups in total. The molecule has 0 unspecified atom stereocenters. The van der Waals surface area contributed by atoms with E-state index in [4.69, 9.17) is 14.6 Å². The van der Waals surface area contributed by atoms with Crippen LogP contribution in [0, 0.1) is 0 Å². The Labute approximate surface area is 165 Å². The van der Waals surface area contributed by atoms with Crippen LogP contribution in [0.1, 0.15) is 84.0 Å². The number of allylic oxidation sites excluding steroid dienone is 2. The predicted molar refractivity (Wildman–Crippen MR) is 109 cm³/mol. The van der Waals surface area contributed by atoms with Crippen LogP contribution in [-0.2, 0) is 9.47 Å². The lowest BCUT2D eigenvalue weighted by Crippen LogP contribution is -2.55. The standard InChI is InChI=1S/C22H42O5/c1-2-3-4-5-6-7-8-9-10-11-12-13-14-15-16-26-22-19(24)18-27-20(17-23)21(22)25/h6-7,19-25H,2-5,8-18H2,1H3/b7-6+/t19-,20+,21+,22+/m0/s1. The second kappa shape index (κ2) is 16.5. The average molecular weight is 387 g/mol. The highest BCUT2D eigenvalue weighted by Crippen LogP contribution is 2.19. The van der Waals surface area contributed by atoms with E-state index < -0.39 is 24.4 Å². The predicted octanol–water partition coefficient (Wildman–Crippen LogP) is 3.74. The van der Waals surface area contributed by atoms with Gasteiger partial charge >= 0.3 is 0 Å². The molecule has 0 bridgehead atoms. The monoisotopic (exact) mass is 386 g/mol. The first-order chi connectivity index (χ1) is 13.2. The van der Waals surface area contributed by atoms with Crippen LogP contribution >= 0.6 is 0 Å². The number of rotatable bonds is 16. The molecule has 0 aromatic rings. The molecule has 5 heteroatoms. The van der Waals surface area contributed by atoms with E-state index in [1.165, 1.54) is 64.2 Å². The maximum Gasteiger partial charge on any atom is 0.114 e. The summed E-state index contributed by atoms with van der Waals surface area (Å²) in [4.78, 5) is 0. The zero-order valence-corrected chi connectivity index (χ0v) is 17.2. The topological polar surface area (TPSA) is 79.2 Å². The number of hydrogen-bond donors (Lipinski definition) is 3. The number of aliphatic hydroxyl groups is 3. The highest BCUT2D eigenvalue weighted by atomic mass is 16.6. The van der Waals surface area contributed by atoms with E-state index in [1.54, 1.807) is 0 Å². The van der Waals surface area contributed by atoms with Crippen molar-refractivity contribution in [2.75, 3.05) is 19.8 Å². The van der Waals surface area contributed by atoms with Gasteiger partial charge in [0.05, 0.1) is 13.2 Å². The first-order valence-electron chi connectivity index (χ1n) is 11.1. The molecule has 0 saturated carbocycles. The third-order valence-corrected chi connectivity index (χ3v) is 5.22. The molecule has 1 saturated heterocycles. The smallest absolute Gasteiger partial charge is 0.114 e. The molecule has 1 aliphatic rings. The zero-order chi connectivity index (χ0) is 19.7. The quantitative estimate of drug-likeness (QED) is 0.278. The molecule has 160 valence electrons. The van der Waals surface area contributed by atoms with Crippen LogP contribution in [-0.4, -0.2) is 59.6 Å². The van der Waals surface area contributed by atoms with E-state index in [1.807, 2.05) is 0 Å². The fourth-order valence-electron chi connectivity index (χ4n) is 3.44. The van der Waals surface area contributed by atoms with Gasteiger partial charge in [0.1, 0.15) is 24.4 Å². The normalized spacial score (nSPS) is 26.1. The number of hydrogen-bond acceptors (Lipinski definition) is 5. The third-order valence-electron chi connectivity index (χ3n) is 5.22. The van der Waals surface area contributed by atoms with Crippen molar-refractivity contribution in [3.05, 3.63) is 12.2 Å². The maximum atomic E-state index is 10.0. The summed E-state index contributed by atoms with van der Waals surface area (Å²) in [5.41, 5.74) is 0. The van der Waals surface area contributed by atoms with Gasteiger partial charge in [0.15, 0.2) is 0 Å². The van der Waals surface area contributed by atoms with Gasteiger partial charge in [0.2, 0.25) is 0 Å². The Bertz CT molecular complexity index is 361. The van der Waals surface area contributed by atoms with E-state index >= 15 is 0 Å². The third kappa shape index (κ3) is 11.2. The average Bonchev–Trinajstić information content (AvgIpc) is 2.67. The minimum atomic E-state index is -0.973. The van der Waals surface area contributed by atoms with E-state index in [9.17, 15) is 10.2 Å². The summed E-state index contributed by atoms with van der Waals surface area (Å²) in [5, 5.41) is 29.1. The van der Waals surface area contributed by atoms with Crippen LogP contribution in [0.4, 0.5) is 0 Å². The molecule has 0 spiro atoms. The van der Waals surface area contributed by atoms with Crippen LogP contribution in [0.15, 0.2) is 12.2 Å². The van der Waals surface area contributed by atoms with E-state index in [0.29, 0.717) is 6.61 Å². The molecular formula is C22H42O5. The van der Waals surface area contributed by atoms with Crippen LogP contribution in [0.5, 0.6) is 0 Å². The second-order valence-electron chi connectivity index (χ2n) is 7.68. The summed E-state index contributed by atoms with van der Waals surface area (Å²) < 4.78 is 10.8. The number of aliphatic hydroxyl groups excluding tert-OH is 3. The van der Waals surface area contributed by atoms with Crippen molar-refractivity contribution < 1.29 is 24.8 Å². The Balaban J connectivity index is 1.90. The van der Waals surface area contributed by atoms with Gasteiger partial charge < -0.3 is 24.8 Å². The molecule has 0 radical (unpaired) electrons. The lowest BCUT2D eigenvalue weighted by Gasteiger charge is -2.37. The molecular weight excluding hydrogens is 344 g/mol. The molecule has 1 aliphatic heterocycles. The minimum Gasteiger partial charge on any atom is -0.394 e. The van der Waals surface area contributed by atoms with Gasteiger partial charge in [-0.1, -0.05) is 64.0 Å². The Morgan fingerprint density at radius 2 is 1.48 bits per heavy atom. The van der Waals surface area contributed by atoms with Crippen molar-refractivity contribution in [2.24, 2.45) is 0 Å². The Hall–Kier alpha value is -0.460. The van der Waals surface area contributed by atoms with Crippen LogP contribution in [0.25, 0.3) is 0 Å². The summed E-state index contributed by atoms with van der Waals surface area (Å²) in [6.07, 6.45) is 16.3. The highest BCUT2D eigenvalue weighted by molar-refractivity contribution is 4.87. The van der Waals surface area contributed by atoms with E-state index in [2.05, 4.69) is 19.1 Å². The highest BCUT2D eigenvalue weighted by Gasteiger charge is 2.38. The van der Waals surface area contributed by atoms with Crippen molar-refractivity contribution in [1.29, 1.82) is 0 Å². The van der Waals surface area contributed by atoms with E-state index in [-0.39, 0.29) is 13.2 Å². The van der Waals surface area contributed by atoms with Crippen molar-refractivity contribution in [1.82, 2.24) is 0 Å². The summed E-state index contributed by atoms with van der Waals surface area (Å²) in [5.74, 6) is 0. The van der Waals surface area contributed by atoms with Gasteiger partial charge in [-0.05, 0) is 32.1 Å². The van der Waals surface area contributed by atoms with Gasteiger partial charge in [-0.2, -0.15) is 0 Å². The van der Waals surface area contributed by atoms with Crippen molar-refractivity contribution in [3.8, 4) is 0 Å². The van der Waals surface area contributed by atoms with Gasteiger partial charge in [-0.25, -0.2) is 0 Å². The molecule has 1 rings (SSSR count). The lowest BCUT2D eigenvalue weighted by atomic mass is 10.0. The maximum absolute atomic E-state index is 10.0.